The lowest BCUT2D eigenvalue weighted by Gasteiger charge is -2.08. The van der Waals surface area contributed by atoms with Crippen LogP contribution in [-0.2, 0) is 4.79 Å². The maximum absolute atomic E-state index is 11.9. The number of carbonyl (C=O) groups excluding carboxylic acids is 1. The van der Waals surface area contributed by atoms with Crippen LogP contribution < -0.4 is 5.32 Å². The molecule has 0 aliphatic rings. The molecule has 0 saturated heterocycles. The van der Waals surface area contributed by atoms with Crippen molar-refractivity contribution in [3.05, 3.63) is 48.3 Å². The van der Waals surface area contributed by atoms with Crippen molar-refractivity contribution >= 4 is 23.4 Å². The molecule has 0 radical (unpaired) electrons. The summed E-state index contributed by atoms with van der Waals surface area (Å²) in [6, 6.07) is 9.76. The third kappa shape index (κ3) is 5.19. The Morgan fingerprint density at radius 3 is 2.48 bits per heavy atom. The number of nitrogens with one attached hydrogen (secondary N) is 1. The van der Waals surface area contributed by atoms with Crippen LogP contribution in [-0.4, -0.2) is 21.6 Å². The van der Waals surface area contributed by atoms with Gasteiger partial charge in [-0.1, -0.05) is 37.7 Å². The first kappa shape index (κ1) is 15.5. The number of benzene rings is 1. The maximum Gasteiger partial charge on any atom is 0.225 e. The van der Waals surface area contributed by atoms with Gasteiger partial charge in [0.1, 0.15) is 0 Å². The SMILES string of the molecule is CC(C)c1ccc(NC(=O)CCSc2ncccn2)cc1. The average Bonchev–Trinajstić information content (AvgIpc) is 2.49. The number of anilines is 1. The van der Waals surface area contributed by atoms with Crippen molar-refractivity contribution in [1.29, 1.82) is 0 Å². The molecule has 2 rings (SSSR count). The quantitative estimate of drug-likeness (QED) is 0.652. The zero-order valence-corrected chi connectivity index (χ0v) is 13.1. The molecule has 0 fully saturated rings. The minimum Gasteiger partial charge on any atom is -0.326 e. The van der Waals surface area contributed by atoms with Crippen LogP contribution in [0, 0.1) is 0 Å². The summed E-state index contributed by atoms with van der Waals surface area (Å²) in [4.78, 5) is 20.1. The Morgan fingerprint density at radius 2 is 1.86 bits per heavy atom. The third-order valence-corrected chi connectivity index (χ3v) is 3.84. The van der Waals surface area contributed by atoms with Crippen LogP contribution in [0.5, 0.6) is 0 Å². The molecule has 5 heteroatoms. The Kier molecular flexibility index (Phi) is 5.75. The van der Waals surface area contributed by atoms with Gasteiger partial charge in [-0.3, -0.25) is 4.79 Å². The van der Waals surface area contributed by atoms with E-state index in [2.05, 4.69) is 29.1 Å². The molecular weight excluding hydrogens is 282 g/mol. The summed E-state index contributed by atoms with van der Waals surface area (Å²) < 4.78 is 0. The lowest BCUT2D eigenvalue weighted by Crippen LogP contribution is -2.12. The third-order valence-electron chi connectivity index (χ3n) is 2.96. The van der Waals surface area contributed by atoms with Gasteiger partial charge in [0.2, 0.25) is 5.91 Å². The van der Waals surface area contributed by atoms with E-state index in [-0.39, 0.29) is 5.91 Å². The highest BCUT2D eigenvalue weighted by atomic mass is 32.2. The largest absolute Gasteiger partial charge is 0.326 e. The van der Waals surface area contributed by atoms with E-state index in [1.54, 1.807) is 18.5 Å². The lowest BCUT2D eigenvalue weighted by molar-refractivity contribution is -0.115. The summed E-state index contributed by atoms with van der Waals surface area (Å²) in [6.45, 7) is 4.30. The van der Waals surface area contributed by atoms with Crippen LogP contribution in [0.15, 0.2) is 47.9 Å². The summed E-state index contributed by atoms with van der Waals surface area (Å²) in [6.07, 6.45) is 3.84. The predicted octanol–water partition coefficient (Wildman–Crippen LogP) is 3.72. The van der Waals surface area contributed by atoms with Crippen LogP contribution in [0.25, 0.3) is 0 Å². The number of thioether (sulfide) groups is 1. The zero-order chi connectivity index (χ0) is 15.1. The summed E-state index contributed by atoms with van der Waals surface area (Å²) in [5.41, 5.74) is 2.11. The number of nitrogens with zero attached hydrogens (tertiary/aromatic N) is 2. The van der Waals surface area contributed by atoms with Gasteiger partial charge in [0.15, 0.2) is 5.16 Å². The molecule has 0 saturated carbocycles. The van der Waals surface area contributed by atoms with Crippen molar-refractivity contribution < 1.29 is 4.79 Å². The van der Waals surface area contributed by atoms with E-state index < -0.39 is 0 Å². The van der Waals surface area contributed by atoms with Gasteiger partial charge in [-0.25, -0.2) is 9.97 Å². The molecule has 0 spiro atoms. The van der Waals surface area contributed by atoms with Crippen molar-refractivity contribution in [3.8, 4) is 0 Å². The summed E-state index contributed by atoms with van der Waals surface area (Å²) >= 11 is 1.48. The van der Waals surface area contributed by atoms with Gasteiger partial charge in [-0.2, -0.15) is 0 Å². The van der Waals surface area contributed by atoms with E-state index in [9.17, 15) is 4.79 Å². The normalized spacial score (nSPS) is 10.6. The van der Waals surface area contributed by atoms with Crippen molar-refractivity contribution in [2.75, 3.05) is 11.1 Å². The Bertz CT molecular complexity index is 570. The van der Waals surface area contributed by atoms with E-state index in [0.717, 1.165) is 5.69 Å². The number of aromatic nitrogens is 2. The van der Waals surface area contributed by atoms with Crippen molar-refractivity contribution in [2.45, 2.75) is 31.3 Å². The second kappa shape index (κ2) is 7.78. The zero-order valence-electron chi connectivity index (χ0n) is 12.2. The molecule has 1 amide bonds. The van der Waals surface area contributed by atoms with E-state index in [4.69, 9.17) is 0 Å². The highest BCUT2D eigenvalue weighted by molar-refractivity contribution is 7.99. The molecule has 1 aromatic heterocycles. The van der Waals surface area contributed by atoms with Crippen LogP contribution in [0.2, 0.25) is 0 Å². The molecule has 2 aromatic rings. The van der Waals surface area contributed by atoms with Gasteiger partial charge >= 0.3 is 0 Å². The molecule has 0 bridgehead atoms. The second-order valence-corrected chi connectivity index (χ2v) is 6.02. The summed E-state index contributed by atoms with van der Waals surface area (Å²) in [7, 11) is 0. The van der Waals surface area contributed by atoms with Gasteiger partial charge in [0.05, 0.1) is 0 Å². The van der Waals surface area contributed by atoms with E-state index in [1.165, 1.54) is 17.3 Å². The monoisotopic (exact) mass is 301 g/mol. The number of hydrogen-bond acceptors (Lipinski definition) is 4. The van der Waals surface area contributed by atoms with Gasteiger partial charge in [-0.15, -0.1) is 0 Å². The number of rotatable bonds is 6. The molecule has 21 heavy (non-hydrogen) atoms. The van der Waals surface area contributed by atoms with E-state index in [1.807, 2.05) is 24.3 Å². The van der Waals surface area contributed by atoms with E-state index in [0.29, 0.717) is 23.2 Å². The lowest BCUT2D eigenvalue weighted by atomic mass is 10.0. The highest BCUT2D eigenvalue weighted by Gasteiger charge is 2.05. The standard InChI is InChI=1S/C16H19N3OS/c1-12(2)13-4-6-14(7-5-13)19-15(20)8-11-21-16-17-9-3-10-18-16/h3-7,9-10,12H,8,11H2,1-2H3,(H,19,20). The van der Waals surface area contributed by atoms with Crippen molar-refractivity contribution in [3.63, 3.8) is 0 Å². The Hall–Kier alpha value is -1.88. The van der Waals surface area contributed by atoms with Crippen LogP contribution >= 0.6 is 11.8 Å². The number of carbonyl (C=O) groups is 1. The first-order valence-corrected chi connectivity index (χ1v) is 7.93. The molecule has 1 heterocycles. The molecule has 0 aliphatic heterocycles. The first-order chi connectivity index (χ1) is 10.1. The minimum absolute atomic E-state index is 0.00993. The van der Waals surface area contributed by atoms with Crippen molar-refractivity contribution in [1.82, 2.24) is 9.97 Å². The Balaban J connectivity index is 1.76. The Morgan fingerprint density at radius 1 is 1.19 bits per heavy atom. The van der Waals surface area contributed by atoms with Gasteiger partial charge in [0, 0.05) is 30.3 Å². The van der Waals surface area contributed by atoms with Crippen LogP contribution in [0.4, 0.5) is 5.69 Å². The molecule has 4 nitrogen and oxygen atoms in total. The fraction of sp³-hybridized carbons (Fsp3) is 0.312. The second-order valence-electron chi connectivity index (χ2n) is 4.95. The van der Waals surface area contributed by atoms with E-state index >= 15 is 0 Å². The molecule has 0 aliphatic carbocycles. The molecular formula is C16H19N3OS. The van der Waals surface area contributed by atoms with Gasteiger partial charge < -0.3 is 5.32 Å². The average molecular weight is 301 g/mol. The molecule has 1 aromatic carbocycles. The van der Waals surface area contributed by atoms with Crippen LogP contribution in [0.1, 0.15) is 31.7 Å². The first-order valence-electron chi connectivity index (χ1n) is 6.95. The van der Waals surface area contributed by atoms with Crippen LogP contribution in [0.3, 0.4) is 0 Å². The number of amides is 1. The fourth-order valence-electron chi connectivity index (χ4n) is 1.77. The molecule has 0 unspecified atom stereocenters. The molecule has 1 N–H and O–H groups in total. The van der Waals surface area contributed by atoms with Gasteiger partial charge in [0.25, 0.3) is 0 Å². The summed E-state index contributed by atoms with van der Waals surface area (Å²) in [5, 5.41) is 3.60. The number of hydrogen-bond donors (Lipinski definition) is 1. The maximum atomic E-state index is 11.9. The topological polar surface area (TPSA) is 54.9 Å². The molecule has 0 atom stereocenters. The highest BCUT2D eigenvalue weighted by Crippen LogP contribution is 2.18. The minimum atomic E-state index is 0.00993. The summed E-state index contributed by atoms with van der Waals surface area (Å²) in [5.74, 6) is 1.17. The predicted molar refractivity (Wildman–Crippen MR) is 86.5 cm³/mol. The smallest absolute Gasteiger partial charge is 0.225 e. The van der Waals surface area contributed by atoms with Gasteiger partial charge in [-0.05, 0) is 29.7 Å². The fourth-order valence-corrected chi connectivity index (χ4v) is 2.51. The molecule has 110 valence electrons. The van der Waals surface area contributed by atoms with Crippen molar-refractivity contribution in [2.24, 2.45) is 0 Å². The Labute approximate surface area is 129 Å².